The van der Waals surface area contributed by atoms with Gasteiger partial charge in [-0.15, -0.1) is 0 Å². The molecule has 14 heteroatoms. The molecule has 44 heavy (non-hydrogen) atoms. The van der Waals surface area contributed by atoms with Crippen LogP contribution < -0.4 is 25.4 Å². The number of esters is 1. The van der Waals surface area contributed by atoms with Crippen molar-refractivity contribution in [3.05, 3.63) is 63.7 Å². The molecule has 3 aliphatic rings. The maximum atomic E-state index is 16.1. The maximum Gasteiger partial charge on any atom is 0.414 e. The number of piperazine rings is 1. The minimum atomic E-state index is -0.935. The highest BCUT2D eigenvalue weighted by atomic mass is 19.1. The number of aromatic nitrogens is 1. The molecule has 3 aromatic rings. The summed E-state index contributed by atoms with van der Waals surface area (Å²) in [5.74, 6) is -3.53. The van der Waals surface area contributed by atoms with E-state index in [-0.39, 0.29) is 79.1 Å². The van der Waals surface area contributed by atoms with Gasteiger partial charge in [-0.25, -0.2) is 22.8 Å². The van der Waals surface area contributed by atoms with E-state index in [9.17, 15) is 19.2 Å². The lowest BCUT2D eigenvalue weighted by Gasteiger charge is -2.38. The van der Waals surface area contributed by atoms with Gasteiger partial charge in [0.25, 0.3) is 0 Å². The fourth-order valence-electron chi connectivity index (χ4n) is 5.80. The summed E-state index contributed by atoms with van der Waals surface area (Å²) in [6.45, 7) is 2.47. The molecule has 1 atom stereocenters. The van der Waals surface area contributed by atoms with Crippen LogP contribution in [-0.4, -0.2) is 75.0 Å². The lowest BCUT2D eigenvalue weighted by atomic mass is 10.1. The van der Waals surface area contributed by atoms with Crippen LogP contribution in [0.15, 0.2) is 35.3 Å². The van der Waals surface area contributed by atoms with E-state index in [4.69, 9.17) is 9.47 Å². The highest BCUT2D eigenvalue weighted by molar-refractivity contribution is 5.95. The summed E-state index contributed by atoms with van der Waals surface area (Å²) in [6.07, 6.45) is 1.53. The van der Waals surface area contributed by atoms with Gasteiger partial charge in [-0.1, -0.05) is 0 Å². The Bertz CT molecular complexity index is 1730. The van der Waals surface area contributed by atoms with Crippen LogP contribution in [0, 0.1) is 17.5 Å². The lowest BCUT2D eigenvalue weighted by Crippen LogP contribution is -2.47. The third-order valence-corrected chi connectivity index (χ3v) is 8.16. The van der Waals surface area contributed by atoms with Gasteiger partial charge in [-0.2, -0.15) is 0 Å². The van der Waals surface area contributed by atoms with Gasteiger partial charge < -0.3 is 29.2 Å². The number of fused-ring (bicyclic) bond motifs is 1. The number of amides is 2. The Morgan fingerprint density at radius 3 is 2.36 bits per heavy atom. The number of carbonyl (C=O) groups excluding carboxylic acids is 3. The molecule has 0 unspecified atom stereocenters. The Balaban J connectivity index is 1.21. The first-order valence-electron chi connectivity index (χ1n) is 14.2. The second-order valence-electron chi connectivity index (χ2n) is 11.1. The highest BCUT2D eigenvalue weighted by Crippen LogP contribution is 2.40. The number of nitrogens with zero attached hydrogens (tertiary/aromatic N) is 4. The van der Waals surface area contributed by atoms with Gasteiger partial charge in [0.1, 0.15) is 29.0 Å². The van der Waals surface area contributed by atoms with E-state index in [1.165, 1.54) is 33.6 Å². The van der Waals surface area contributed by atoms with Gasteiger partial charge in [-0.05, 0) is 37.1 Å². The molecular formula is C30H30F3N5O6. The summed E-state index contributed by atoms with van der Waals surface area (Å²) >= 11 is 0. The molecule has 2 aromatic carbocycles. The first-order chi connectivity index (χ1) is 21.1. The third kappa shape index (κ3) is 5.28. The first kappa shape index (κ1) is 29.3. The van der Waals surface area contributed by atoms with Gasteiger partial charge in [0.2, 0.25) is 11.3 Å². The van der Waals surface area contributed by atoms with Crippen molar-refractivity contribution in [1.82, 2.24) is 9.88 Å². The molecule has 3 fully saturated rings. The lowest BCUT2D eigenvalue weighted by molar-refractivity contribution is -0.119. The summed E-state index contributed by atoms with van der Waals surface area (Å²) in [5, 5.41) is 2.36. The predicted octanol–water partition coefficient (Wildman–Crippen LogP) is 3.33. The van der Waals surface area contributed by atoms with E-state index in [2.05, 4.69) is 5.32 Å². The Morgan fingerprint density at radius 1 is 1.02 bits per heavy atom. The van der Waals surface area contributed by atoms with E-state index in [1.807, 2.05) is 0 Å². The Labute approximate surface area is 249 Å². The predicted molar refractivity (Wildman–Crippen MR) is 155 cm³/mol. The molecule has 1 N–H and O–H groups in total. The van der Waals surface area contributed by atoms with Crippen molar-refractivity contribution in [2.24, 2.45) is 0 Å². The van der Waals surface area contributed by atoms with E-state index < -0.39 is 41.0 Å². The summed E-state index contributed by atoms with van der Waals surface area (Å²) in [6, 6.07) is 5.21. The second kappa shape index (κ2) is 11.4. The molecule has 0 radical (unpaired) electrons. The molecule has 11 nitrogen and oxygen atoms in total. The molecule has 6 rings (SSSR count). The summed E-state index contributed by atoms with van der Waals surface area (Å²) in [7, 11) is 1.13. The number of halogens is 3. The first-order valence-corrected chi connectivity index (χ1v) is 14.2. The zero-order valence-electron chi connectivity index (χ0n) is 24.1. The third-order valence-electron chi connectivity index (χ3n) is 8.16. The number of benzene rings is 2. The van der Waals surface area contributed by atoms with Gasteiger partial charge in [0.05, 0.1) is 42.5 Å². The summed E-state index contributed by atoms with van der Waals surface area (Å²) < 4.78 is 58.3. The van der Waals surface area contributed by atoms with E-state index in [1.54, 1.807) is 17.0 Å². The zero-order chi connectivity index (χ0) is 31.3. The molecule has 1 aliphatic carbocycles. The average molecular weight is 614 g/mol. The Morgan fingerprint density at radius 2 is 1.73 bits per heavy atom. The average Bonchev–Trinajstić information content (AvgIpc) is 3.78. The number of anilines is 3. The van der Waals surface area contributed by atoms with E-state index in [0.29, 0.717) is 5.69 Å². The number of hydrogen-bond acceptors (Lipinski definition) is 8. The van der Waals surface area contributed by atoms with Crippen LogP contribution in [0.4, 0.5) is 35.0 Å². The highest BCUT2D eigenvalue weighted by Gasteiger charge is 2.34. The second-order valence-corrected chi connectivity index (χ2v) is 11.1. The molecule has 2 aliphatic heterocycles. The van der Waals surface area contributed by atoms with Crippen LogP contribution >= 0.6 is 0 Å². The van der Waals surface area contributed by atoms with Gasteiger partial charge in [0, 0.05) is 45.3 Å². The van der Waals surface area contributed by atoms with Crippen LogP contribution in [0.25, 0.3) is 10.9 Å². The maximum absolute atomic E-state index is 16.1. The molecule has 3 heterocycles. The molecule has 2 amide bonds. The van der Waals surface area contributed by atoms with Crippen molar-refractivity contribution in [3.63, 3.8) is 0 Å². The number of pyridine rings is 1. The number of carbonyl (C=O) groups is 3. The van der Waals surface area contributed by atoms with Crippen LogP contribution in [0.3, 0.4) is 0 Å². The normalized spacial score (nSPS) is 18.5. The van der Waals surface area contributed by atoms with Gasteiger partial charge in [-0.3, -0.25) is 14.5 Å². The molecule has 0 bridgehead atoms. The van der Waals surface area contributed by atoms with Crippen LogP contribution in [0.5, 0.6) is 0 Å². The van der Waals surface area contributed by atoms with Crippen molar-refractivity contribution in [2.45, 2.75) is 31.9 Å². The molecule has 232 valence electrons. The zero-order valence-corrected chi connectivity index (χ0v) is 24.1. The van der Waals surface area contributed by atoms with Crippen molar-refractivity contribution >= 4 is 45.9 Å². The van der Waals surface area contributed by atoms with E-state index in [0.717, 1.165) is 26.0 Å². The van der Waals surface area contributed by atoms with E-state index >= 15 is 13.2 Å². The van der Waals surface area contributed by atoms with Gasteiger partial charge >= 0.3 is 12.1 Å². The largest absolute Gasteiger partial charge is 0.465 e. The summed E-state index contributed by atoms with van der Waals surface area (Å²) in [4.78, 5) is 53.2. The number of hydrogen-bond donors (Lipinski definition) is 1. The minimum Gasteiger partial charge on any atom is -0.465 e. The topological polar surface area (TPSA) is 113 Å². The summed E-state index contributed by atoms with van der Waals surface area (Å²) in [5.41, 5.74) is -0.862. The molecule has 1 saturated carbocycles. The van der Waals surface area contributed by atoms with Crippen molar-refractivity contribution in [1.29, 1.82) is 0 Å². The molecule has 1 aromatic heterocycles. The molecule has 0 spiro atoms. The number of ether oxygens (including phenoxy) is 2. The SMILES string of the molecule is COC(=O)c1cn(C2CC2)c2c(F)c(N3CCN(c4ccc(N5C[C@H](CNC(C)=O)OC5=O)cc4F)CC3)c(F)cc2c1=O. The smallest absolute Gasteiger partial charge is 0.414 e. The molecular weight excluding hydrogens is 583 g/mol. The number of methoxy groups -OCH3 is 1. The Kier molecular flexibility index (Phi) is 7.59. The number of rotatable bonds is 7. The van der Waals surface area contributed by atoms with Crippen LogP contribution in [0.1, 0.15) is 36.2 Å². The monoisotopic (exact) mass is 613 g/mol. The molecule has 2 saturated heterocycles. The van der Waals surface area contributed by atoms with Crippen molar-refractivity contribution in [2.75, 3.05) is 61.1 Å². The van der Waals surface area contributed by atoms with Crippen LogP contribution in [-0.2, 0) is 14.3 Å². The fourth-order valence-corrected chi connectivity index (χ4v) is 5.80. The number of cyclic esters (lactones) is 1. The minimum absolute atomic E-state index is 0.0645. The van der Waals surface area contributed by atoms with Gasteiger partial charge in [0.15, 0.2) is 5.82 Å². The van der Waals surface area contributed by atoms with Crippen LogP contribution in [0.2, 0.25) is 0 Å². The van der Waals surface area contributed by atoms with Crippen molar-refractivity contribution in [3.8, 4) is 0 Å². The quantitative estimate of drug-likeness (QED) is 0.404. The Hall–Kier alpha value is -4.75. The standard InChI is InChI=1S/C30H30F3N5O6/c1-16(39)34-13-19-14-38(30(42)44-19)18-5-6-24(22(31)11-18)35-7-9-36(10-8-35)27-23(32)12-20-26(25(27)33)37(17-3-4-17)15-21(28(20)40)29(41)43-2/h5-6,11-12,15,17,19H,3-4,7-10,13-14H2,1-2H3,(H,34,39)/t19-/m0/s1. The number of nitrogens with one attached hydrogen (secondary N) is 1. The van der Waals surface area contributed by atoms with Crippen molar-refractivity contribution < 1.29 is 37.0 Å². The fraction of sp³-hybridized carbons (Fsp3) is 0.400.